The number of alkyl halides is 3. The van der Waals surface area contributed by atoms with Gasteiger partial charge in [-0.25, -0.2) is 9.37 Å². The van der Waals surface area contributed by atoms with Crippen LogP contribution in [0.15, 0.2) is 78.2 Å². The number of aldehydes is 1. The predicted octanol–water partition coefficient (Wildman–Crippen LogP) is 7.39. The number of hydrogen-bond donors (Lipinski definition) is 2. The third-order valence-corrected chi connectivity index (χ3v) is 10.4. The molecule has 0 saturated heterocycles. The van der Waals surface area contributed by atoms with Gasteiger partial charge in [-0.15, -0.1) is 11.3 Å². The maximum Gasteiger partial charge on any atom is 0.419 e. The molecule has 0 unspecified atom stereocenters. The maximum absolute atomic E-state index is 13.7. The van der Waals surface area contributed by atoms with E-state index in [4.69, 9.17) is 19.2 Å². The van der Waals surface area contributed by atoms with E-state index in [0.29, 0.717) is 66.8 Å². The Balaban J connectivity index is 1.00. The van der Waals surface area contributed by atoms with E-state index in [9.17, 15) is 27.5 Å². The molecule has 0 aliphatic carbocycles. The number of nitrogens with zero attached hydrogens (tertiary/aromatic N) is 6. The van der Waals surface area contributed by atoms with Gasteiger partial charge in [-0.2, -0.15) is 23.4 Å². The van der Waals surface area contributed by atoms with Gasteiger partial charge in [-0.3, -0.25) is 14.5 Å². The van der Waals surface area contributed by atoms with Crippen molar-refractivity contribution >= 4 is 34.2 Å². The molecule has 0 aliphatic heterocycles. The van der Waals surface area contributed by atoms with Gasteiger partial charge in [0.05, 0.1) is 61.8 Å². The minimum absolute atomic E-state index is 0.0748. The highest BCUT2D eigenvalue weighted by atomic mass is 32.1. The summed E-state index contributed by atoms with van der Waals surface area (Å²) in [5, 5.41) is 24.1. The lowest BCUT2D eigenvalue weighted by molar-refractivity contribution is -0.140. The maximum atomic E-state index is 13.7. The highest BCUT2D eigenvalue weighted by Gasteiger charge is 2.34. The van der Waals surface area contributed by atoms with Crippen LogP contribution in [0, 0.1) is 5.82 Å². The van der Waals surface area contributed by atoms with Crippen LogP contribution in [0.5, 0.6) is 17.2 Å². The molecular weight excluding hydrogens is 791 g/mol. The summed E-state index contributed by atoms with van der Waals surface area (Å²) in [6.45, 7) is 1.86. The Morgan fingerprint density at radius 3 is 2.66 bits per heavy atom. The van der Waals surface area contributed by atoms with Gasteiger partial charge in [0.1, 0.15) is 34.7 Å². The number of aliphatic hydroxyl groups is 1. The number of nitrogens with one attached hydrogen (secondary N) is 1. The molecule has 17 heteroatoms. The zero-order chi connectivity index (χ0) is 41.9. The molecule has 0 saturated carbocycles. The average Bonchev–Trinajstić information content (AvgIpc) is 3.91. The Morgan fingerprint density at radius 1 is 1.03 bits per heavy atom. The fourth-order valence-corrected chi connectivity index (χ4v) is 7.49. The van der Waals surface area contributed by atoms with Gasteiger partial charge in [0.25, 0.3) is 0 Å². The SMILES string of the molecule is COc1cccc(CN(C)/N=C\c2c(C=O)n(C)c3nc(Cn4cc(CCCCOc5ccc(OCc6ccc(F)c(C(F)(F)F)c6)c(CNCCO)c5)cn4)sc23)c1. The van der Waals surface area contributed by atoms with Crippen molar-refractivity contribution in [3.8, 4) is 17.2 Å². The minimum atomic E-state index is -4.82. The van der Waals surface area contributed by atoms with Crippen LogP contribution in [-0.4, -0.2) is 75.9 Å². The summed E-state index contributed by atoms with van der Waals surface area (Å²) in [4.78, 5) is 16.9. The number of methoxy groups -OCH3 is 1. The van der Waals surface area contributed by atoms with Crippen LogP contribution < -0.4 is 19.5 Å². The highest BCUT2D eigenvalue weighted by Crippen LogP contribution is 2.33. The standard InChI is InChI=1S/C42H45F4N7O5S/c1-51(23-28-8-6-9-32(17-28)56-3)48-22-34-37(26-55)52(2)41-40(34)59-39(50-41)25-53-24-30(20-49-53)7-4-5-16-57-33-11-13-38(31(19-33)21-47-14-15-54)58-27-29-10-12-36(43)35(18-29)42(44,45)46/h6,8-13,17-20,22,24,26,47,54H,4-5,7,14-16,21,23,25,27H2,1-3H3/b48-22-. The monoisotopic (exact) mass is 835 g/mol. The van der Waals surface area contributed by atoms with Gasteiger partial charge in [0.15, 0.2) is 11.9 Å². The third kappa shape index (κ3) is 11.2. The fourth-order valence-electron chi connectivity index (χ4n) is 6.39. The number of hydrogen-bond acceptors (Lipinski definition) is 11. The van der Waals surface area contributed by atoms with Crippen LogP contribution in [0.2, 0.25) is 0 Å². The van der Waals surface area contributed by atoms with Crippen LogP contribution in [0.3, 0.4) is 0 Å². The average molecular weight is 836 g/mol. The first-order valence-corrected chi connectivity index (χ1v) is 19.7. The van der Waals surface area contributed by atoms with Crippen molar-refractivity contribution in [2.45, 2.75) is 51.7 Å². The molecule has 6 aromatic rings. The highest BCUT2D eigenvalue weighted by molar-refractivity contribution is 7.19. The van der Waals surface area contributed by atoms with Crippen molar-refractivity contribution in [2.24, 2.45) is 12.1 Å². The largest absolute Gasteiger partial charge is 0.497 e. The smallest absolute Gasteiger partial charge is 0.419 e. The number of rotatable bonds is 21. The topological polar surface area (TPSA) is 128 Å². The van der Waals surface area contributed by atoms with Crippen LogP contribution in [0.4, 0.5) is 17.6 Å². The first kappa shape index (κ1) is 42.8. The second kappa shape index (κ2) is 19.8. The Kier molecular flexibility index (Phi) is 14.4. The zero-order valence-electron chi connectivity index (χ0n) is 32.8. The van der Waals surface area contributed by atoms with Gasteiger partial charge in [-0.05, 0) is 78.4 Å². The van der Waals surface area contributed by atoms with Crippen molar-refractivity contribution in [2.75, 3.05) is 33.9 Å². The molecule has 59 heavy (non-hydrogen) atoms. The first-order chi connectivity index (χ1) is 28.4. The number of halogens is 4. The number of unbranched alkanes of at least 4 members (excludes halogenated alkanes) is 1. The van der Waals surface area contributed by atoms with Crippen molar-refractivity contribution < 1.29 is 41.7 Å². The van der Waals surface area contributed by atoms with E-state index < -0.39 is 17.6 Å². The fraction of sp³-hybridized carbons (Fsp3) is 0.333. The number of carbonyl (C=O) groups excluding carboxylic acids is 1. The van der Waals surface area contributed by atoms with E-state index in [1.807, 2.05) is 55.4 Å². The Hall–Kier alpha value is -5.78. The van der Waals surface area contributed by atoms with Crippen LogP contribution in [0.25, 0.3) is 10.3 Å². The number of carbonyl (C=O) groups is 1. The molecule has 3 aromatic carbocycles. The summed E-state index contributed by atoms with van der Waals surface area (Å²) < 4.78 is 75.0. The molecule has 0 amide bonds. The van der Waals surface area contributed by atoms with Crippen LogP contribution in [0.1, 0.15) is 61.7 Å². The third-order valence-electron chi connectivity index (χ3n) is 9.37. The molecule has 0 fully saturated rings. The number of benzene rings is 3. The summed E-state index contributed by atoms with van der Waals surface area (Å²) in [6, 6.07) is 15.8. The molecule has 0 aliphatic rings. The number of aliphatic hydroxyl groups excluding tert-OH is 1. The van der Waals surface area contributed by atoms with E-state index in [1.54, 1.807) is 41.1 Å². The zero-order valence-corrected chi connectivity index (χ0v) is 33.7. The number of hydrazone groups is 1. The normalized spacial score (nSPS) is 11.8. The molecule has 6 rings (SSSR count). The number of aromatic nitrogens is 4. The van der Waals surface area contributed by atoms with Gasteiger partial charge in [-0.1, -0.05) is 18.2 Å². The summed E-state index contributed by atoms with van der Waals surface area (Å²) in [7, 11) is 5.32. The van der Waals surface area contributed by atoms with Gasteiger partial charge < -0.3 is 29.2 Å². The molecule has 12 nitrogen and oxygen atoms in total. The van der Waals surface area contributed by atoms with Crippen molar-refractivity contribution in [1.82, 2.24) is 29.7 Å². The second-order valence-electron chi connectivity index (χ2n) is 13.8. The second-order valence-corrected chi connectivity index (χ2v) is 14.9. The van der Waals surface area contributed by atoms with Crippen molar-refractivity contribution in [3.05, 3.63) is 123 Å². The Labute approximate surface area is 342 Å². The van der Waals surface area contributed by atoms with E-state index in [2.05, 4.69) is 15.5 Å². The molecule has 2 N–H and O–H groups in total. The number of fused-ring (bicyclic) bond motifs is 1. The van der Waals surface area contributed by atoms with Crippen molar-refractivity contribution in [1.29, 1.82) is 0 Å². The van der Waals surface area contributed by atoms with Crippen LogP contribution >= 0.6 is 11.3 Å². The minimum Gasteiger partial charge on any atom is -0.497 e. The van der Waals surface area contributed by atoms with E-state index in [1.165, 1.54) is 17.4 Å². The lowest BCUT2D eigenvalue weighted by Crippen LogP contribution is -2.18. The van der Waals surface area contributed by atoms with Gasteiger partial charge in [0, 0.05) is 44.5 Å². The van der Waals surface area contributed by atoms with E-state index in [0.717, 1.165) is 64.3 Å². The summed E-state index contributed by atoms with van der Waals surface area (Å²) in [6.07, 6.45) is 3.97. The quantitative estimate of drug-likeness (QED) is 0.0251. The van der Waals surface area contributed by atoms with Crippen LogP contribution in [-0.2, 0) is 45.9 Å². The summed E-state index contributed by atoms with van der Waals surface area (Å²) in [5.41, 5.74) is 3.56. The number of aryl methyl sites for hydroxylation is 2. The number of ether oxygens (including phenoxy) is 3. The van der Waals surface area contributed by atoms with Crippen molar-refractivity contribution in [3.63, 3.8) is 0 Å². The molecule has 0 spiro atoms. The predicted molar refractivity (Wildman–Crippen MR) is 217 cm³/mol. The molecule has 3 aromatic heterocycles. The first-order valence-electron chi connectivity index (χ1n) is 18.8. The number of thiazole rings is 1. The lowest BCUT2D eigenvalue weighted by Gasteiger charge is -2.15. The van der Waals surface area contributed by atoms with E-state index >= 15 is 0 Å². The van der Waals surface area contributed by atoms with E-state index in [-0.39, 0.29) is 18.8 Å². The molecule has 312 valence electrons. The molecule has 0 atom stereocenters. The summed E-state index contributed by atoms with van der Waals surface area (Å²) >= 11 is 1.50. The molecule has 0 radical (unpaired) electrons. The molecule has 0 bridgehead atoms. The Bertz CT molecular complexity index is 2370. The molecule has 3 heterocycles. The lowest BCUT2D eigenvalue weighted by atomic mass is 10.1. The van der Waals surface area contributed by atoms with Gasteiger partial charge in [0.2, 0.25) is 0 Å². The summed E-state index contributed by atoms with van der Waals surface area (Å²) in [5.74, 6) is 0.452. The van der Waals surface area contributed by atoms with Gasteiger partial charge >= 0.3 is 6.18 Å². The molecular formula is C42H45F4N7O5S. The Morgan fingerprint density at radius 2 is 1.88 bits per heavy atom.